The fraction of sp³-hybridized carbons (Fsp3) is 0.765. The molecule has 2 fully saturated rings. The van der Waals surface area contributed by atoms with Crippen LogP contribution >= 0.6 is 0 Å². The van der Waals surface area contributed by atoms with Crippen molar-refractivity contribution in [1.29, 1.82) is 0 Å². The number of nitrogens with zero attached hydrogens (tertiary/aromatic N) is 2. The lowest BCUT2D eigenvalue weighted by Gasteiger charge is -2.40. The van der Waals surface area contributed by atoms with Crippen LogP contribution in [0.15, 0.2) is 12.3 Å². The van der Waals surface area contributed by atoms with Crippen LogP contribution in [0.4, 0.5) is 0 Å². The molecule has 2 saturated carbocycles. The van der Waals surface area contributed by atoms with E-state index in [9.17, 15) is 4.79 Å². The molecule has 4 nitrogen and oxygen atoms in total. The Labute approximate surface area is 127 Å². The summed E-state index contributed by atoms with van der Waals surface area (Å²) in [6, 6.07) is 2.56. The molecule has 0 aromatic carbocycles. The van der Waals surface area contributed by atoms with Crippen molar-refractivity contribution in [3.63, 3.8) is 0 Å². The smallest absolute Gasteiger partial charge is 0.139 e. The van der Waals surface area contributed by atoms with Crippen molar-refractivity contribution in [3.8, 4) is 0 Å². The van der Waals surface area contributed by atoms with Crippen LogP contribution < -0.4 is 5.73 Å². The number of hydrogen-bond donors (Lipinski definition) is 1. The lowest BCUT2D eigenvalue weighted by Crippen LogP contribution is -2.39. The molecule has 0 radical (unpaired) electrons. The normalized spacial score (nSPS) is 22.0. The molecule has 0 aliphatic heterocycles. The zero-order valence-electron chi connectivity index (χ0n) is 12.9. The monoisotopic (exact) mass is 289 g/mol. The van der Waals surface area contributed by atoms with Crippen molar-refractivity contribution in [2.75, 3.05) is 6.54 Å². The molecule has 1 aromatic heterocycles. The van der Waals surface area contributed by atoms with Crippen molar-refractivity contribution < 1.29 is 4.79 Å². The largest absolute Gasteiger partial charge is 0.330 e. The first-order valence-corrected chi connectivity index (χ1v) is 8.47. The van der Waals surface area contributed by atoms with E-state index < -0.39 is 0 Å². The third-order valence-corrected chi connectivity index (χ3v) is 5.41. The minimum atomic E-state index is 0.114. The fourth-order valence-corrected chi connectivity index (χ4v) is 3.83. The standard InChI is InChI=1S/C17H27N3O/c18-13-17(8-4-9-17)12-16(21)11-14-7-10-20(19-14)15-5-2-1-3-6-15/h7,10,15H,1-6,8-9,11-13,18H2. The van der Waals surface area contributed by atoms with E-state index in [2.05, 4.69) is 16.0 Å². The van der Waals surface area contributed by atoms with Crippen molar-refractivity contribution in [2.24, 2.45) is 11.1 Å². The van der Waals surface area contributed by atoms with Crippen molar-refractivity contribution in [3.05, 3.63) is 18.0 Å². The third-order valence-electron chi connectivity index (χ3n) is 5.41. The summed E-state index contributed by atoms with van der Waals surface area (Å²) in [4.78, 5) is 12.3. The molecule has 0 saturated heterocycles. The Morgan fingerprint density at radius 1 is 1.29 bits per heavy atom. The second kappa shape index (κ2) is 6.30. The maximum absolute atomic E-state index is 12.3. The predicted octanol–water partition coefficient (Wildman–Crippen LogP) is 3.02. The van der Waals surface area contributed by atoms with Crippen LogP contribution in [0.25, 0.3) is 0 Å². The van der Waals surface area contributed by atoms with Crippen LogP contribution in [-0.2, 0) is 11.2 Å². The van der Waals surface area contributed by atoms with Gasteiger partial charge in [-0.25, -0.2) is 0 Å². The van der Waals surface area contributed by atoms with Crippen molar-refractivity contribution in [2.45, 2.75) is 70.3 Å². The number of ketones is 1. The van der Waals surface area contributed by atoms with Crippen LogP contribution in [0.3, 0.4) is 0 Å². The highest BCUT2D eigenvalue weighted by atomic mass is 16.1. The molecule has 2 aliphatic rings. The summed E-state index contributed by atoms with van der Waals surface area (Å²) in [6.45, 7) is 0.648. The van der Waals surface area contributed by atoms with Gasteiger partial charge >= 0.3 is 0 Å². The van der Waals surface area contributed by atoms with E-state index in [0.29, 0.717) is 31.2 Å². The second-order valence-electron chi connectivity index (χ2n) is 7.03. The SMILES string of the molecule is NCC1(CC(=O)Cc2ccn(C3CCCCC3)n2)CCC1. The number of rotatable bonds is 6. The zero-order chi connectivity index (χ0) is 14.7. The average Bonchev–Trinajstić information content (AvgIpc) is 2.92. The molecular weight excluding hydrogens is 262 g/mol. The first-order chi connectivity index (χ1) is 10.2. The second-order valence-corrected chi connectivity index (χ2v) is 7.03. The third kappa shape index (κ3) is 3.37. The van der Waals surface area contributed by atoms with Gasteiger partial charge in [-0.15, -0.1) is 0 Å². The topological polar surface area (TPSA) is 60.9 Å². The Balaban J connectivity index is 1.55. The molecule has 2 N–H and O–H groups in total. The molecule has 2 aliphatic carbocycles. The van der Waals surface area contributed by atoms with Gasteiger partial charge in [0.2, 0.25) is 0 Å². The molecule has 0 bridgehead atoms. The summed E-state index contributed by atoms with van der Waals surface area (Å²) in [5.41, 5.74) is 6.88. The number of carbonyl (C=O) groups is 1. The summed E-state index contributed by atoms with van der Waals surface area (Å²) >= 11 is 0. The van der Waals surface area contributed by atoms with Gasteiger partial charge in [0.25, 0.3) is 0 Å². The van der Waals surface area contributed by atoms with Gasteiger partial charge in [-0.05, 0) is 43.7 Å². The maximum atomic E-state index is 12.3. The molecule has 3 rings (SSSR count). The quantitative estimate of drug-likeness (QED) is 0.875. The molecule has 116 valence electrons. The van der Waals surface area contributed by atoms with E-state index in [1.54, 1.807) is 0 Å². The highest BCUT2D eigenvalue weighted by Gasteiger charge is 2.37. The lowest BCUT2D eigenvalue weighted by molar-refractivity contribution is -0.122. The molecule has 1 heterocycles. The van der Waals surface area contributed by atoms with Gasteiger partial charge < -0.3 is 5.73 Å². The van der Waals surface area contributed by atoms with Gasteiger partial charge in [0.05, 0.1) is 18.2 Å². The van der Waals surface area contributed by atoms with Crippen LogP contribution in [-0.4, -0.2) is 22.1 Å². The maximum Gasteiger partial charge on any atom is 0.139 e. The molecule has 0 spiro atoms. The molecule has 4 heteroatoms. The van der Waals surface area contributed by atoms with Crippen LogP contribution in [0.5, 0.6) is 0 Å². The van der Waals surface area contributed by atoms with Crippen molar-refractivity contribution >= 4 is 5.78 Å². The van der Waals surface area contributed by atoms with E-state index in [1.165, 1.54) is 38.5 Å². The van der Waals surface area contributed by atoms with Crippen LogP contribution in [0.2, 0.25) is 0 Å². The van der Waals surface area contributed by atoms with Gasteiger partial charge in [-0.3, -0.25) is 9.48 Å². The van der Waals surface area contributed by atoms with Gasteiger partial charge in [0.15, 0.2) is 0 Å². The lowest BCUT2D eigenvalue weighted by atomic mass is 9.66. The number of hydrogen-bond acceptors (Lipinski definition) is 3. The zero-order valence-corrected chi connectivity index (χ0v) is 12.9. The number of nitrogens with two attached hydrogens (primary N) is 1. The molecule has 0 atom stereocenters. The summed E-state index contributed by atoms with van der Waals surface area (Å²) in [5.74, 6) is 0.300. The molecule has 1 aromatic rings. The van der Waals surface area contributed by atoms with Gasteiger partial charge in [0.1, 0.15) is 5.78 Å². The summed E-state index contributed by atoms with van der Waals surface area (Å²) in [5, 5.41) is 4.64. The first kappa shape index (κ1) is 14.8. The van der Waals surface area contributed by atoms with E-state index >= 15 is 0 Å². The Hall–Kier alpha value is -1.16. The van der Waals surface area contributed by atoms with E-state index in [-0.39, 0.29) is 5.41 Å². The summed E-state index contributed by atoms with van der Waals surface area (Å²) < 4.78 is 2.09. The highest BCUT2D eigenvalue weighted by Crippen LogP contribution is 2.43. The van der Waals surface area contributed by atoms with Gasteiger partial charge in [-0.2, -0.15) is 5.10 Å². The van der Waals surface area contributed by atoms with E-state index in [0.717, 1.165) is 18.5 Å². The molecule has 0 unspecified atom stereocenters. The van der Waals surface area contributed by atoms with E-state index in [4.69, 9.17) is 5.73 Å². The Bertz CT molecular complexity index is 478. The molecule has 21 heavy (non-hydrogen) atoms. The Kier molecular flexibility index (Phi) is 4.43. The van der Waals surface area contributed by atoms with E-state index in [1.807, 2.05) is 6.07 Å². The average molecular weight is 289 g/mol. The first-order valence-electron chi connectivity index (χ1n) is 8.47. The predicted molar refractivity (Wildman–Crippen MR) is 83.0 cm³/mol. The molecule has 0 amide bonds. The summed E-state index contributed by atoms with van der Waals surface area (Å²) in [7, 11) is 0. The highest BCUT2D eigenvalue weighted by molar-refractivity contribution is 5.81. The Morgan fingerprint density at radius 2 is 2.05 bits per heavy atom. The Morgan fingerprint density at radius 3 is 2.67 bits per heavy atom. The van der Waals surface area contributed by atoms with Gasteiger partial charge in [0, 0.05) is 12.6 Å². The van der Waals surface area contributed by atoms with Crippen LogP contribution in [0.1, 0.15) is 69.5 Å². The number of aromatic nitrogens is 2. The summed E-state index contributed by atoms with van der Waals surface area (Å²) in [6.07, 6.45) is 13.0. The van der Waals surface area contributed by atoms with Gasteiger partial charge in [-0.1, -0.05) is 25.7 Å². The minimum Gasteiger partial charge on any atom is -0.330 e. The number of carbonyl (C=O) groups excluding carboxylic acids is 1. The molecular formula is C17H27N3O. The number of Topliss-reactive ketones (excluding diaryl/α,β-unsaturated/α-hetero) is 1. The minimum absolute atomic E-state index is 0.114. The fourth-order valence-electron chi connectivity index (χ4n) is 3.83. The van der Waals surface area contributed by atoms with Crippen LogP contribution in [0, 0.1) is 5.41 Å². The van der Waals surface area contributed by atoms with Crippen molar-refractivity contribution in [1.82, 2.24) is 9.78 Å².